The highest BCUT2D eigenvalue weighted by molar-refractivity contribution is 9.10. The van der Waals surface area contributed by atoms with Crippen molar-refractivity contribution in [3.05, 3.63) is 27.4 Å². The van der Waals surface area contributed by atoms with Crippen molar-refractivity contribution >= 4 is 45.3 Å². The summed E-state index contributed by atoms with van der Waals surface area (Å²) >= 11 is 9.09. The Morgan fingerprint density at radius 3 is 2.62 bits per heavy atom. The van der Waals surface area contributed by atoms with E-state index < -0.39 is 5.60 Å². The zero-order valence-corrected chi connectivity index (χ0v) is 16.5. The smallest absolute Gasteiger partial charge is 0.410 e. The number of nitrogens with zero attached hydrogens (tertiary/aromatic N) is 2. The number of halogens is 1. The molecule has 1 aliphatic rings. The molecular formula is C17H22BrN3O2S. The second-order valence-electron chi connectivity index (χ2n) is 7.13. The van der Waals surface area contributed by atoms with Crippen LogP contribution >= 0.6 is 28.1 Å². The van der Waals surface area contributed by atoms with Crippen LogP contribution in [0.15, 0.2) is 22.7 Å². The van der Waals surface area contributed by atoms with E-state index in [1.165, 1.54) is 0 Å². The maximum atomic E-state index is 12.2. The summed E-state index contributed by atoms with van der Waals surface area (Å²) in [5.41, 5.74) is 1.67. The normalized spacial score (nSPS) is 16.6. The third-order valence-electron chi connectivity index (χ3n) is 4.18. The van der Waals surface area contributed by atoms with E-state index in [4.69, 9.17) is 17.0 Å². The molecule has 1 fully saturated rings. The number of likely N-dealkylation sites (tertiary alicyclic amines) is 1. The van der Waals surface area contributed by atoms with Crippen LogP contribution in [0, 0.1) is 4.77 Å². The van der Waals surface area contributed by atoms with Crippen LogP contribution < -0.4 is 0 Å². The van der Waals surface area contributed by atoms with Crippen LogP contribution in [0.5, 0.6) is 0 Å². The van der Waals surface area contributed by atoms with Gasteiger partial charge in [-0.15, -0.1) is 0 Å². The number of hydrogen-bond acceptors (Lipinski definition) is 3. The highest BCUT2D eigenvalue weighted by atomic mass is 79.9. The van der Waals surface area contributed by atoms with Gasteiger partial charge in [0, 0.05) is 23.6 Å². The van der Waals surface area contributed by atoms with Crippen LogP contribution in [0.4, 0.5) is 4.79 Å². The minimum absolute atomic E-state index is 0.230. The number of hydrogen-bond donors (Lipinski definition) is 1. The zero-order chi connectivity index (χ0) is 17.5. The van der Waals surface area contributed by atoms with Crippen molar-refractivity contribution in [2.24, 2.45) is 0 Å². The predicted octanol–water partition coefficient (Wildman–Crippen LogP) is 5.03. The van der Waals surface area contributed by atoms with Gasteiger partial charge in [-0.3, -0.25) is 0 Å². The summed E-state index contributed by atoms with van der Waals surface area (Å²) in [6.45, 7) is 7.03. The maximum absolute atomic E-state index is 12.2. The molecule has 0 atom stereocenters. The van der Waals surface area contributed by atoms with Crippen LogP contribution in [-0.2, 0) is 4.74 Å². The summed E-state index contributed by atoms with van der Waals surface area (Å²) in [5, 5.41) is 0. The molecule has 1 amide bonds. The summed E-state index contributed by atoms with van der Waals surface area (Å²) in [6, 6.07) is 6.39. The first-order valence-corrected chi connectivity index (χ1v) is 9.33. The number of fused-ring (bicyclic) bond motifs is 1. The van der Waals surface area contributed by atoms with E-state index in [1.807, 2.05) is 32.9 Å². The highest BCUT2D eigenvalue weighted by Gasteiger charge is 2.28. The predicted molar refractivity (Wildman–Crippen MR) is 101 cm³/mol. The Morgan fingerprint density at radius 2 is 2.00 bits per heavy atom. The van der Waals surface area contributed by atoms with Crippen LogP contribution in [-0.4, -0.2) is 39.2 Å². The number of para-hydroxylation sites is 1. The SMILES string of the molecule is CC(C)(C)OC(=O)N1CCC(n2c(=S)[nH]c3c(Br)cccc32)CC1. The van der Waals surface area contributed by atoms with Gasteiger partial charge < -0.3 is 19.2 Å². The molecule has 0 spiro atoms. The van der Waals surface area contributed by atoms with Crippen molar-refractivity contribution in [2.75, 3.05) is 13.1 Å². The van der Waals surface area contributed by atoms with Crippen molar-refractivity contribution in [2.45, 2.75) is 45.3 Å². The monoisotopic (exact) mass is 411 g/mol. The Labute approximate surface area is 155 Å². The van der Waals surface area contributed by atoms with E-state index >= 15 is 0 Å². The van der Waals surface area contributed by atoms with Crippen LogP contribution in [0.3, 0.4) is 0 Å². The Bertz CT molecular complexity index is 813. The molecule has 3 rings (SSSR count). The van der Waals surface area contributed by atoms with Gasteiger partial charge in [0.1, 0.15) is 5.60 Å². The van der Waals surface area contributed by atoms with E-state index in [2.05, 4.69) is 31.5 Å². The molecular weight excluding hydrogens is 390 g/mol. The van der Waals surface area contributed by atoms with E-state index in [0.717, 1.165) is 33.1 Å². The number of aromatic nitrogens is 2. The number of carbonyl (C=O) groups is 1. The van der Waals surface area contributed by atoms with Gasteiger partial charge in [-0.2, -0.15) is 0 Å². The lowest BCUT2D eigenvalue weighted by atomic mass is 10.0. The number of H-pyrrole nitrogens is 1. The average molecular weight is 412 g/mol. The minimum atomic E-state index is -0.459. The number of rotatable bonds is 1. The summed E-state index contributed by atoms with van der Waals surface area (Å²) in [5.74, 6) is 0. The molecule has 1 saturated heterocycles. The van der Waals surface area contributed by atoms with E-state index in [1.54, 1.807) is 4.90 Å². The molecule has 1 aromatic heterocycles. The quantitative estimate of drug-likeness (QED) is 0.669. The zero-order valence-electron chi connectivity index (χ0n) is 14.1. The fourth-order valence-corrected chi connectivity index (χ4v) is 3.91. The molecule has 5 nitrogen and oxygen atoms in total. The summed E-state index contributed by atoms with van der Waals surface area (Å²) in [7, 11) is 0. The first kappa shape index (κ1) is 17.5. The van der Waals surface area contributed by atoms with Crippen LogP contribution in [0.25, 0.3) is 11.0 Å². The average Bonchev–Trinajstić information content (AvgIpc) is 2.83. The molecule has 7 heteroatoms. The lowest BCUT2D eigenvalue weighted by Crippen LogP contribution is -2.42. The van der Waals surface area contributed by atoms with E-state index in [9.17, 15) is 4.79 Å². The van der Waals surface area contributed by atoms with Gasteiger partial charge in [0.2, 0.25) is 0 Å². The number of nitrogens with one attached hydrogen (secondary N) is 1. The van der Waals surface area contributed by atoms with Gasteiger partial charge in [-0.25, -0.2) is 4.79 Å². The molecule has 0 aliphatic carbocycles. The first-order chi connectivity index (χ1) is 11.3. The Morgan fingerprint density at radius 1 is 1.33 bits per heavy atom. The Balaban J connectivity index is 1.76. The van der Waals surface area contributed by atoms with Crippen molar-refractivity contribution in [3.63, 3.8) is 0 Å². The topological polar surface area (TPSA) is 50.3 Å². The second-order valence-corrected chi connectivity index (χ2v) is 8.37. The minimum Gasteiger partial charge on any atom is -0.444 e. The lowest BCUT2D eigenvalue weighted by molar-refractivity contribution is 0.0189. The second kappa shape index (κ2) is 6.52. The Hall–Kier alpha value is -1.34. The van der Waals surface area contributed by atoms with Gasteiger partial charge in [-0.1, -0.05) is 6.07 Å². The van der Waals surface area contributed by atoms with Gasteiger partial charge in [0.25, 0.3) is 0 Å². The lowest BCUT2D eigenvalue weighted by Gasteiger charge is -2.34. The molecule has 0 unspecified atom stereocenters. The standard InChI is InChI=1S/C17H22BrN3O2S/c1-17(2,3)23-16(22)20-9-7-11(8-10-20)21-13-6-4-5-12(18)14(13)19-15(21)24/h4-6,11H,7-10H2,1-3H3,(H,19,24). The third kappa shape index (κ3) is 3.52. The summed E-state index contributed by atoms with van der Waals surface area (Å²) < 4.78 is 9.38. The number of imidazole rings is 1. The highest BCUT2D eigenvalue weighted by Crippen LogP contribution is 2.30. The number of aromatic amines is 1. The largest absolute Gasteiger partial charge is 0.444 e. The third-order valence-corrected chi connectivity index (χ3v) is 5.14. The van der Waals surface area contributed by atoms with Crippen LogP contribution in [0.2, 0.25) is 0 Å². The Kier molecular flexibility index (Phi) is 4.75. The van der Waals surface area contributed by atoms with Crippen molar-refractivity contribution in [1.29, 1.82) is 0 Å². The fourth-order valence-electron chi connectivity index (χ4n) is 3.11. The fraction of sp³-hybridized carbons (Fsp3) is 0.529. The molecule has 0 radical (unpaired) electrons. The van der Waals surface area contributed by atoms with Crippen molar-refractivity contribution in [1.82, 2.24) is 14.5 Å². The summed E-state index contributed by atoms with van der Waals surface area (Å²) in [4.78, 5) is 17.3. The molecule has 2 aromatic rings. The first-order valence-electron chi connectivity index (χ1n) is 8.13. The molecule has 0 saturated carbocycles. The van der Waals surface area contributed by atoms with Crippen molar-refractivity contribution in [3.8, 4) is 0 Å². The van der Waals surface area contributed by atoms with E-state index in [-0.39, 0.29) is 6.09 Å². The van der Waals surface area contributed by atoms with Gasteiger partial charge in [0.05, 0.1) is 11.0 Å². The molecule has 0 bridgehead atoms. The molecule has 1 aromatic carbocycles. The van der Waals surface area contributed by atoms with E-state index in [0.29, 0.717) is 19.1 Å². The van der Waals surface area contributed by atoms with Gasteiger partial charge >= 0.3 is 6.09 Å². The van der Waals surface area contributed by atoms with Crippen LogP contribution in [0.1, 0.15) is 39.7 Å². The molecule has 1 N–H and O–H groups in total. The molecule has 2 heterocycles. The number of piperidine rings is 1. The van der Waals surface area contributed by atoms with Gasteiger partial charge in [-0.05, 0) is 73.9 Å². The summed E-state index contributed by atoms with van der Waals surface area (Å²) in [6.07, 6.45) is 1.51. The maximum Gasteiger partial charge on any atom is 0.410 e. The number of benzene rings is 1. The van der Waals surface area contributed by atoms with Gasteiger partial charge in [0.15, 0.2) is 4.77 Å². The number of carbonyl (C=O) groups excluding carboxylic acids is 1. The molecule has 1 aliphatic heterocycles. The number of ether oxygens (including phenoxy) is 1. The number of amides is 1. The van der Waals surface area contributed by atoms with Crippen molar-refractivity contribution < 1.29 is 9.53 Å². The molecule has 24 heavy (non-hydrogen) atoms. The molecule has 130 valence electrons.